The Morgan fingerprint density at radius 3 is 2.34 bits per heavy atom. The summed E-state index contributed by atoms with van der Waals surface area (Å²) < 4.78 is 11.4. The van der Waals surface area contributed by atoms with Crippen molar-refractivity contribution < 1.29 is 35.0 Å². The Labute approximate surface area is 227 Å². The van der Waals surface area contributed by atoms with Crippen LogP contribution in [0.4, 0.5) is 0 Å². The van der Waals surface area contributed by atoms with Gasteiger partial charge < -0.3 is 40.3 Å². The van der Waals surface area contributed by atoms with E-state index in [1.54, 1.807) is 18.2 Å². The maximum Gasteiger partial charge on any atom is 0.119 e. The van der Waals surface area contributed by atoms with Gasteiger partial charge in [0.1, 0.15) is 49.0 Å². The van der Waals surface area contributed by atoms with E-state index in [0.717, 1.165) is 16.7 Å². The molecule has 0 radical (unpaired) electrons. The summed E-state index contributed by atoms with van der Waals surface area (Å²) in [6.45, 7) is 0.759. The van der Waals surface area contributed by atoms with Crippen LogP contribution in [-0.2, 0) is 17.7 Å². The van der Waals surface area contributed by atoms with E-state index in [1.165, 1.54) is 0 Å². The highest BCUT2D eigenvalue weighted by atomic mass is 35.5. The number of aliphatic hydroxyl groups is 5. The van der Waals surface area contributed by atoms with Gasteiger partial charge in [0.2, 0.25) is 0 Å². The first-order valence-electron chi connectivity index (χ1n) is 12.6. The topological polar surface area (TPSA) is 132 Å². The van der Waals surface area contributed by atoms with Crippen LogP contribution >= 0.6 is 11.6 Å². The zero-order valence-corrected chi connectivity index (χ0v) is 21.6. The molecule has 0 aromatic heterocycles. The van der Waals surface area contributed by atoms with Crippen LogP contribution in [-0.4, -0.2) is 75.8 Å². The van der Waals surface area contributed by atoms with Crippen LogP contribution < -0.4 is 10.1 Å². The Kier molecular flexibility index (Phi) is 10.1. The molecule has 1 fully saturated rings. The van der Waals surface area contributed by atoms with Crippen molar-refractivity contribution in [3.8, 4) is 5.75 Å². The normalized spacial score (nSPS) is 24.2. The molecular formula is C29H34ClNO7. The number of rotatable bonds is 11. The summed E-state index contributed by atoms with van der Waals surface area (Å²) >= 11 is 6.43. The van der Waals surface area contributed by atoms with Crippen molar-refractivity contribution in [2.24, 2.45) is 0 Å². The van der Waals surface area contributed by atoms with E-state index in [-0.39, 0.29) is 6.61 Å². The second-order valence-corrected chi connectivity index (χ2v) is 9.91. The van der Waals surface area contributed by atoms with Gasteiger partial charge in [-0.2, -0.15) is 0 Å². The van der Waals surface area contributed by atoms with Crippen LogP contribution in [0.3, 0.4) is 0 Å². The van der Waals surface area contributed by atoms with Gasteiger partial charge in [0.15, 0.2) is 0 Å². The number of hydrogen-bond donors (Lipinski definition) is 6. The summed E-state index contributed by atoms with van der Waals surface area (Å²) in [5.41, 5.74) is 3.48. The lowest BCUT2D eigenvalue weighted by atomic mass is 9.90. The van der Waals surface area contributed by atoms with E-state index < -0.39 is 43.2 Å². The summed E-state index contributed by atoms with van der Waals surface area (Å²) in [6, 6.07) is 22.6. The van der Waals surface area contributed by atoms with E-state index in [0.29, 0.717) is 35.8 Å². The van der Waals surface area contributed by atoms with E-state index >= 15 is 0 Å². The predicted octanol–water partition coefficient (Wildman–Crippen LogP) is 1.98. The fraction of sp³-hybridized carbons (Fsp3) is 0.379. The van der Waals surface area contributed by atoms with Crippen molar-refractivity contribution in [2.75, 3.05) is 19.8 Å². The molecule has 1 aliphatic heterocycles. The minimum atomic E-state index is -1.45. The third-order valence-electron chi connectivity index (χ3n) is 6.60. The predicted molar refractivity (Wildman–Crippen MR) is 143 cm³/mol. The van der Waals surface area contributed by atoms with Gasteiger partial charge in [0, 0.05) is 18.1 Å². The number of benzene rings is 3. The molecule has 38 heavy (non-hydrogen) atoms. The second-order valence-electron chi connectivity index (χ2n) is 9.50. The van der Waals surface area contributed by atoms with E-state index in [1.807, 2.05) is 54.6 Å². The molecule has 6 atom stereocenters. The van der Waals surface area contributed by atoms with Crippen LogP contribution in [0.5, 0.6) is 5.75 Å². The molecule has 0 bridgehead atoms. The Morgan fingerprint density at radius 1 is 0.895 bits per heavy atom. The van der Waals surface area contributed by atoms with Gasteiger partial charge >= 0.3 is 0 Å². The summed E-state index contributed by atoms with van der Waals surface area (Å²) in [4.78, 5) is 0. The first-order valence-corrected chi connectivity index (χ1v) is 13.0. The highest BCUT2D eigenvalue weighted by Crippen LogP contribution is 2.34. The minimum absolute atomic E-state index is 0.161. The van der Waals surface area contributed by atoms with Gasteiger partial charge in [-0.15, -0.1) is 0 Å². The van der Waals surface area contributed by atoms with Crippen LogP contribution in [0.25, 0.3) is 0 Å². The zero-order valence-electron chi connectivity index (χ0n) is 20.9. The maximum atomic E-state index is 10.5. The molecule has 0 unspecified atom stereocenters. The average molecular weight is 544 g/mol. The molecule has 8 nitrogen and oxygen atoms in total. The van der Waals surface area contributed by atoms with Gasteiger partial charge in [-0.05, 0) is 46.9 Å². The number of ether oxygens (including phenoxy) is 2. The van der Waals surface area contributed by atoms with Gasteiger partial charge in [-0.3, -0.25) is 0 Å². The van der Waals surface area contributed by atoms with Gasteiger partial charge in [0.05, 0.1) is 6.61 Å². The molecule has 0 aliphatic carbocycles. The van der Waals surface area contributed by atoms with E-state index in [2.05, 4.69) is 5.32 Å². The van der Waals surface area contributed by atoms with Crippen LogP contribution in [0.15, 0.2) is 72.8 Å². The molecule has 6 N–H and O–H groups in total. The fourth-order valence-corrected chi connectivity index (χ4v) is 4.62. The SMILES string of the molecule is OC[C@H]1O[C@@H](c2ccc(Cl)c(Cc3ccc(OC[C@H](O)CNCc4ccccc4)cc3)c2)[C@H](O)[C@@H](O)[C@@H]1O. The number of aliphatic hydroxyl groups excluding tert-OH is 5. The van der Waals surface area contributed by atoms with Crippen molar-refractivity contribution in [2.45, 2.75) is 49.6 Å². The Bertz CT molecular complexity index is 1150. The summed E-state index contributed by atoms with van der Waals surface area (Å²) in [6.07, 6.45) is -6.28. The van der Waals surface area contributed by atoms with Crippen molar-refractivity contribution in [1.29, 1.82) is 0 Å². The molecule has 3 aromatic carbocycles. The summed E-state index contributed by atoms with van der Waals surface area (Å²) in [7, 11) is 0. The number of halogens is 1. The molecule has 1 aliphatic rings. The summed E-state index contributed by atoms with van der Waals surface area (Å²) in [5, 5.41) is 54.1. The second kappa shape index (κ2) is 13.5. The van der Waals surface area contributed by atoms with Crippen molar-refractivity contribution in [3.63, 3.8) is 0 Å². The van der Waals surface area contributed by atoms with Gasteiger partial charge in [-0.1, -0.05) is 66.2 Å². The maximum absolute atomic E-state index is 10.5. The molecule has 9 heteroatoms. The monoisotopic (exact) mass is 543 g/mol. The number of hydrogen-bond acceptors (Lipinski definition) is 8. The lowest BCUT2D eigenvalue weighted by Crippen LogP contribution is -2.55. The van der Waals surface area contributed by atoms with Gasteiger partial charge in [0.25, 0.3) is 0 Å². The number of nitrogens with one attached hydrogen (secondary N) is 1. The third-order valence-corrected chi connectivity index (χ3v) is 6.97. The lowest BCUT2D eigenvalue weighted by Gasteiger charge is -2.40. The first-order chi connectivity index (χ1) is 18.4. The molecule has 1 heterocycles. The van der Waals surface area contributed by atoms with Crippen LogP contribution in [0.2, 0.25) is 5.02 Å². The Balaban J connectivity index is 1.31. The Hall–Kier alpha value is -2.53. The first kappa shape index (κ1) is 28.5. The molecule has 0 spiro atoms. The smallest absolute Gasteiger partial charge is 0.119 e. The highest BCUT2D eigenvalue weighted by Gasteiger charge is 2.44. The van der Waals surface area contributed by atoms with Gasteiger partial charge in [-0.25, -0.2) is 0 Å². The molecule has 204 valence electrons. The molecule has 1 saturated heterocycles. The van der Waals surface area contributed by atoms with E-state index in [9.17, 15) is 25.5 Å². The highest BCUT2D eigenvalue weighted by molar-refractivity contribution is 6.31. The third kappa shape index (κ3) is 7.31. The van der Waals surface area contributed by atoms with Crippen molar-refractivity contribution in [1.82, 2.24) is 5.32 Å². The van der Waals surface area contributed by atoms with Crippen LogP contribution in [0, 0.1) is 0 Å². The zero-order chi connectivity index (χ0) is 27.1. The Morgan fingerprint density at radius 2 is 1.63 bits per heavy atom. The molecule has 3 aromatic rings. The molecule has 0 amide bonds. The molecule has 4 rings (SSSR count). The largest absolute Gasteiger partial charge is 0.491 e. The van der Waals surface area contributed by atoms with Crippen molar-refractivity contribution in [3.05, 3.63) is 100 Å². The van der Waals surface area contributed by atoms with Crippen LogP contribution in [0.1, 0.15) is 28.4 Å². The molecule has 0 saturated carbocycles. The van der Waals surface area contributed by atoms with Crippen molar-refractivity contribution >= 4 is 11.6 Å². The quantitative estimate of drug-likeness (QED) is 0.216. The standard InChI is InChI=1S/C29H34ClNO7/c30-24-11-8-20(29-28(36)27(35)26(34)25(16-32)38-29)13-21(24)12-18-6-9-23(10-7-18)37-17-22(33)15-31-14-19-4-2-1-3-5-19/h1-11,13,22,25-29,31-36H,12,14-17H2/t22-,25-,26-,27+,28-,29+/m1/s1. The fourth-order valence-electron chi connectivity index (χ4n) is 4.44. The summed E-state index contributed by atoms with van der Waals surface area (Å²) in [5.74, 6) is 0.636. The molecular weight excluding hydrogens is 510 g/mol. The minimum Gasteiger partial charge on any atom is -0.491 e. The lowest BCUT2D eigenvalue weighted by molar-refractivity contribution is -0.231. The average Bonchev–Trinajstić information content (AvgIpc) is 2.93. The van der Waals surface area contributed by atoms with E-state index in [4.69, 9.17) is 21.1 Å².